The van der Waals surface area contributed by atoms with Gasteiger partial charge in [0.1, 0.15) is 6.61 Å². The van der Waals surface area contributed by atoms with Crippen LogP contribution in [0.2, 0.25) is 0 Å². The Balaban J connectivity index is 3.81. The van der Waals surface area contributed by atoms with E-state index in [1.165, 1.54) is 0 Å². The molecule has 0 radical (unpaired) electrons. The van der Waals surface area contributed by atoms with E-state index >= 15 is 0 Å². The van der Waals surface area contributed by atoms with Crippen LogP contribution in [0.5, 0.6) is 0 Å². The summed E-state index contributed by atoms with van der Waals surface area (Å²) in [6.45, 7) is 8.54. The minimum Gasteiger partial charge on any atom is -0.461 e. The van der Waals surface area contributed by atoms with E-state index in [0.717, 1.165) is 0 Å². The first kappa shape index (κ1) is 13.9. The predicted molar refractivity (Wildman–Crippen MR) is 63.5 cm³/mol. The molecule has 2 atom stereocenters. The van der Waals surface area contributed by atoms with Crippen molar-refractivity contribution in [3.05, 3.63) is 24.3 Å². The van der Waals surface area contributed by atoms with Crippen LogP contribution in [-0.2, 0) is 9.53 Å². The summed E-state index contributed by atoms with van der Waals surface area (Å²) in [7, 11) is 0. The number of carbonyl (C=O) groups excluding carboxylic acids is 1. The van der Waals surface area contributed by atoms with Crippen molar-refractivity contribution in [1.29, 1.82) is 0 Å². The van der Waals surface area contributed by atoms with Gasteiger partial charge in [-0.25, -0.2) is 0 Å². The molecule has 15 heavy (non-hydrogen) atoms. The topological polar surface area (TPSA) is 26.3 Å². The van der Waals surface area contributed by atoms with Crippen molar-refractivity contribution in [2.45, 2.75) is 34.1 Å². The van der Waals surface area contributed by atoms with Crippen molar-refractivity contribution in [2.24, 2.45) is 11.8 Å². The van der Waals surface area contributed by atoms with Crippen molar-refractivity contribution in [3.63, 3.8) is 0 Å². The summed E-state index contributed by atoms with van der Waals surface area (Å²) in [5.74, 6) is 0.850. The molecule has 0 fully saturated rings. The van der Waals surface area contributed by atoms with Crippen LogP contribution in [0.15, 0.2) is 24.3 Å². The zero-order valence-corrected chi connectivity index (χ0v) is 10.2. The number of allylic oxidation sites excluding steroid dienone is 3. The normalized spacial score (nSPS) is 15.7. The molecular weight excluding hydrogens is 188 g/mol. The van der Waals surface area contributed by atoms with Gasteiger partial charge in [-0.2, -0.15) is 0 Å². The van der Waals surface area contributed by atoms with Gasteiger partial charge in [0.15, 0.2) is 0 Å². The molecule has 0 spiro atoms. The van der Waals surface area contributed by atoms with Crippen LogP contribution >= 0.6 is 0 Å². The lowest BCUT2D eigenvalue weighted by Gasteiger charge is -2.11. The maximum atomic E-state index is 10.8. The average Bonchev–Trinajstić information content (AvgIpc) is 2.23. The molecule has 0 N–H and O–H groups in total. The van der Waals surface area contributed by atoms with Gasteiger partial charge >= 0.3 is 5.97 Å². The molecule has 0 aliphatic carbocycles. The zero-order chi connectivity index (χ0) is 11.7. The fourth-order valence-corrected chi connectivity index (χ4v) is 1.17. The third kappa shape index (κ3) is 6.95. The van der Waals surface area contributed by atoms with Gasteiger partial charge in [-0.1, -0.05) is 45.1 Å². The van der Waals surface area contributed by atoms with Crippen molar-refractivity contribution in [1.82, 2.24) is 0 Å². The SMILES string of the molecule is C/C=C/C(C)C(C)/C=C/COC(=O)CC. The van der Waals surface area contributed by atoms with Gasteiger partial charge in [0.2, 0.25) is 0 Å². The molecule has 86 valence electrons. The van der Waals surface area contributed by atoms with E-state index in [1.807, 2.05) is 13.0 Å². The van der Waals surface area contributed by atoms with Crippen molar-refractivity contribution >= 4 is 5.97 Å². The Morgan fingerprint density at radius 3 is 2.40 bits per heavy atom. The highest BCUT2D eigenvalue weighted by Crippen LogP contribution is 2.13. The molecule has 0 heterocycles. The minimum absolute atomic E-state index is 0.145. The second-order valence-electron chi connectivity index (χ2n) is 3.71. The van der Waals surface area contributed by atoms with Gasteiger partial charge in [-0.3, -0.25) is 4.79 Å². The van der Waals surface area contributed by atoms with Crippen LogP contribution in [0, 0.1) is 11.8 Å². The van der Waals surface area contributed by atoms with E-state index < -0.39 is 0 Å². The van der Waals surface area contributed by atoms with Gasteiger partial charge in [-0.05, 0) is 18.8 Å². The Hall–Kier alpha value is -1.05. The molecule has 0 saturated heterocycles. The summed E-state index contributed by atoms with van der Waals surface area (Å²) >= 11 is 0. The average molecular weight is 210 g/mol. The fraction of sp³-hybridized carbons (Fsp3) is 0.615. The summed E-state index contributed by atoms with van der Waals surface area (Å²) in [4.78, 5) is 10.8. The van der Waals surface area contributed by atoms with Gasteiger partial charge in [-0.15, -0.1) is 0 Å². The molecule has 0 rings (SSSR count). The van der Waals surface area contributed by atoms with Gasteiger partial charge in [0, 0.05) is 6.42 Å². The largest absolute Gasteiger partial charge is 0.461 e. The minimum atomic E-state index is -0.145. The quantitative estimate of drug-likeness (QED) is 0.496. The first-order chi connectivity index (χ1) is 7.11. The summed E-state index contributed by atoms with van der Waals surface area (Å²) < 4.78 is 4.94. The number of rotatable bonds is 6. The Bertz CT molecular complexity index is 229. The fourth-order valence-electron chi connectivity index (χ4n) is 1.17. The van der Waals surface area contributed by atoms with Crippen LogP contribution in [0.3, 0.4) is 0 Å². The van der Waals surface area contributed by atoms with E-state index in [1.54, 1.807) is 6.92 Å². The first-order valence-corrected chi connectivity index (χ1v) is 5.56. The third-order valence-electron chi connectivity index (χ3n) is 2.39. The lowest BCUT2D eigenvalue weighted by molar-refractivity contribution is -0.141. The van der Waals surface area contributed by atoms with Gasteiger partial charge in [0.05, 0.1) is 0 Å². The second kappa shape index (κ2) is 8.27. The number of ether oxygens (including phenoxy) is 1. The van der Waals surface area contributed by atoms with Gasteiger partial charge in [0.25, 0.3) is 0 Å². The molecule has 2 nitrogen and oxygen atoms in total. The monoisotopic (exact) mass is 210 g/mol. The van der Waals surface area contributed by atoms with E-state index in [9.17, 15) is 4.79 Å². The summed E-state index contributed by atoms with van der Waals surface area (Å²) in [6, 6.07) is 0. The van der Waals surface area contributed by atoms with Crippen molar-refractivity contribution < 1.29 is 9.53 Å². The Kier molecular flexibility index (Phi) is 7.69. The summed E-state index contributed by atoms with van der Waals surface area (Å²) in [5.41, 5.74) is 0. The highest BCUT2D eigenvalue weighted by molar-refractivity contribution is 5.68. The molecule has 2 unspecified atom stereocenters. The maximum Gasteiger partial charge on any atom is 0.305 e. The molecule has 0 aliphatic rings. The molecular formula is C13H22O2. The molecule has 0 aromatic carbocycles. The van der Waals surface area contributed by atoms with Crippen molar-refractivity contribution in [3.8, 4) is 0 Å². The molecule has 0 bridgehead atoms. The lowest BCUT2D eigenvalue weighted by Crippen LogP contribution is -2.04. The Morgan fingerprint density at radius 1 is 1.27 bits per heavy atom. The summed E-state index contributed by atoms with van der Waals surface area (Å²) in [6.07, 6.45) is 8.68. The van der Waals surface area contributed by atoms with Crippen LogP contribution < -0.4 is 0 Å². The molecule has 0 aliphatic heterocycles. The summed E-state index contributed by atoms with van der Waals surface area (Å²) in [5, 5.41) is 0. The van der Waals surface area contributed by atoms with E-state index in [4.69, 9.17) is 4.74 Å². The van der Waals surface area contributed by atoms with Gasteiger partial charge < -0.3 is 4.74 Å². The smallest absolute Gasteiger partial charge is 0.305 e. The molecule has 0 aromatic rings. The first-order valence-electron chi connectivity index (χ1n) is 5.56. The molecule has 2 heteroatoms. The molecule has 0 amide bonds. The third-order valence-corrected chi connectivity index (χ3v) is 2.39. The lowest BCUT2D eigenvalue weighted by atomic mass is 9.95. The number of hydrogen-bond donors (Lipinski definition) is 0. The van der Waals surface area contributed by atoms with E-state index in [0.29, 0.717) is 24.9 Å². The van der Waals surface area contributed by atoms with Crippen LogP contribution in [0.4, 0.5) is 0 Å². The molecule has 0 aromatic heterocycles. The highest BCUT2D eigenvalue weighted by atomic mass is 16.5. The molecule has 0 saturated carbocycles. The van der Waals surface area contributed by atoms with Crippen molar-refractivity contribution in [2.75, 3.05) is 6.61 Å². The standard InChI is InChI=1S/C13H22O2/c1-5-8-11(3)12(4)9-7-10-15-13(14)6-2/h5,7-9,11-12H,6,10H2,1-4H3/b8-5+,9-7+. The van der Waals surface area contributed by atoms with Crippen LogP contribution in [0.1, 0.15) is 34.1 Å². The number of carbonyl (C=O) groups is 1. The number of hydrogen-bond acceptors (Lipinski definition) is 2. The maximum absolute atomic E-state index is 10.8. The second-order valence-corrected chi connectivity index (χ2v) is 3.71. The number of esters is 1. The zero-order valence-electron chi connectivity index (χ0n) is 10.2. The highest BCUT2D eigenvalue weighted by Gasteiger charge is 2.04. The van der Waals surface area contributed by atoms with Crippen LogP contribution in [-0.4, -0.2) is 12.6 Å². The Morgan fingerprint density at radius 2 is 1.87 bits per heavy atom. The Labute approximate surface area is 93.0 Å². The van der Waals surface area contributed by atoms with E-state index in [-0.39, 0.29) is 5.97 Å². The van der Waals surface area contributed by atoms with E-state index in [2.05, 4.69) is 32.1 Å². The van der Waals surface area contributed by atoms with Crippen LogP contribution in [0.25, 0.3) is 0 Å². The predicted octanol–water partition coefficient (Wildman–Crippen LogP) is 3.34.